The average molecular weight is 548 g/mol. The number of ether oxygens (including phenoxy) is 1. The van der Waals surface area contributed by atoms with E-state index in [0.29, 0.717) is 33.5 Å². The van der Waals surface area contributed by atoms with Crippen molar-refractivity contribution in [3.05, 3.63) is 68.3 Å². The van der Waals surface area contributed by atoms with Crippen molar-refractivity contribution < 1.29 is 9.53 Å². The monoisotopic (exact) mass is 547 g/mol. The second kappa shape index (κ2) is 14.0. The molecule has 10 heteroatoms. The molecule has 0 bridgehead atoms. The van der Waals surface area contributed by atoms with Crippen LogP contribution in [0.1, 0.15) is 64.0 Å². The maximum atomic E-state index is 13.5. The second-order valence-electron chi connectivity index (χ2n) is 10.5. The molecule has 0 radical (unpaired) electrons. The van der Waals surface area contributed by atoms with Crippen LogP contribution in [0.15, 0.2) is 29.2 Å². The number of nitrogens with zero attached hydrogens (tertiary/aromatic N) is 1. The van der Waals surface area contributed by atoms with Crippen LogP contribution in [0, 0.1) is 24.7 Å². The standard InChI is InChI=1S/C30H41N7O3/c1-20-13-21(2)35-30(39)27(20)19-34-29(38)25-14-22(15-28(26(25)17-32)36-24-5-3-4-6-24)23(16-31)18-33-7-8-37-9-11-40-12-10-37/h13-18,24,31-33,36H,3-12,19H2,1-2H3,(H,34,38)(H,35,39)/b23-18+,31-16?,32-17?. The van der Waals surface area contributed by atoms with Crippen LogP contribution in [0.5, 0.6) is 0 Å². The highest BCUT2D eigenvalue weighted by Gasteiger charge is 2.21. The summed E-state index contributed by atoms with van der Waals surface area (Å²) in [6.07, 6.45) is 8.65. The van der Waals surface area contributed by atoms with Gasteiger partial charge in [0.2, 0.25) is 0 Å². The number of amides is 1. The number of carbonyl (C=O) groups is 1. The van der Waals surface area contributed by atoms with Crippen molar-refractivity contribution >= 4 is 29.6 Å². The Balaban J connectivity index is 1.59. The molecule has 40 heavy (non-hydrogen) atoms. The zero-order valence-corrected chi connectivity index (χ0v) is 23.5. The Labute approximate surface area is 235 Å². The summed E-state index contributed by atoms with van der Waals surface area (Å²) >= 11 is 0. The van der Waals surface area contributed by atoms with E-state index in [0.717, 1.165) is 76.3 Å². The van der Waals surface area contributed by atoms with Gasteiger partial charge < -0.3 is 36.5 Å². The highest BCUT2D eigenvalue weighted by molar-refractivity contribution is 6.11. The number of pyridine rings is 1. The molecule has 2 aliphatic rings. The fraction of sp³-hybridized carbons (Fsp3) is 0.467. The van der Waals surface area contributed by atoms with Gasteiger partial charge in [-0.3, -0.25) is 14.5 Å². The zero-order chi connectivity index (χ0) is 28.5. The number of aromatic amines is 1. The number of carbonyl (C=O) groups excluding carboxylic acids is 1. The van der Waals surface area contributed by atoms with Crippen molar-refractivity contribution in [3.8, 4) is 0 Å². The minimum absolute atomic E-state index is 0.0731. The van der Waals surface area contributed by atoms with Gasteiger partial charge in [0.05, 0.1) is 18.8 Å². The van der Waals surface area contributed by atoms with Crippen molar-refractivity contribution in [3.63, 3.8) is 0 Å². The van der Waals surface area contributed by atoms with Gasteiger partial charge in [0, 0.05) is 85.5 Å². The average Bonchev–Trinajstić information content (AvgIpc) is 3.45. The van der Waals surface area contributed by atoms with Gasteiger partial charge in [-0.15, -0.1) is 0 Å². The van der Waals surface area contributed by atoms with Crippen molar-refractivity contribution in [1.82, 2.24) is 20.5 Å². The fourth-order valence-electron chi connectivity index (χ4n) is 5.38. The Kier molecular flexibility index (Phi) is 10.3. The highest BCUT2D eigenvalue weighted by Crippen LogP contribution is 2.29. The van der Waals surface area contributed by atoms with E-state index in [1.165, 1.54) is 12.4 Å². The molecule has 2 heterocycles. The molecule has 214 valence electrons. The molecule has 1 amide bonds. The highest BCUT2D eigenvalue weighted by atomic mass is 16.5. The normalized spacial score (nSPS) is 16.5. The maximum Gasteiger partial charge on any atom is 0.253 e. The lowest BCUT2D eigenvalue weighted by Crippen LogP contribution is -2.39. The first kappa shape index (κ1) is 29.2. The van der Waals surface area contributed by atoms with Crippen LogP contribution in [0.3, 0.4) is 0 Å². The van der Waals surface area contributed by atoms with Crippen molar-refractivity contribution in [2.45, 2.75) is 52.1 Å². The molecule has 0 spiro atoms. The Morgan fingerprint density at radius 3 is 2.58 bits per heavy atom. The number of benzene rings is 1. The zero-order valence-electron chi connectivity index (χ0n) is 23.5. The number of hydrogen-bond acceptors (Lipinski definition) is 8. The first-order valence-electron chi connectivity index (χ1n) is 14.1. The van der Waals surface area contributed by atoms with Crippen molar-refractivity contribution in [2.24, 2.45) is 0 Å². The van der Waals surface area contributed by atoms with E-state index in [1.54, 1.807) is 6.07 Å². The predicted molar refractivity (Wildman–Crippen MR) is 160 cm³/mol. The van der Waals surface area contributed by atoms with Gasteiger partial charge in [-0.25, -0.2) is 0 Å². The molecule has 2 aromatic rings. The molecule has 4 rings (SSSR count). The SMILES string of the molecule is Cc1cc(C)c(CNC(=O)c2cc(/C(C=N)=C/NCCN3CCOCC3)cc(NC3CCCC3)c2C=N)c(=O)[nH]1. The number of hydrogen-bond donors (Lipinski definition) is 6. The van der Waals surface area contributed by atoms with E-state index < -0.39 is 0 Å². The van der Waals surface area contributed by atoms with E-state index in [4.69, 9.17) is 15.6 Å². The fourth-order valence-corrected chi connectivity index (χ4v) is 5.38. The van der Waals surface area contributed by atoms with Crippen molar-refractivity contribution in [1.29, 1.82) is 10.8 Å². The largest absolute Gasteiger partial charge is 0.389 e. The molecule has 1 saturated carbocycles. The number of morpholine rings is 1. The van der Waals surface area contributed by atoms with Gasteiger partial charge in [0.15, 0.2) is 0 Å². The third kappa shape index (κ3) is 7.45. The Morgan fingerprint density at radius 2 is 1.90 bits per heavy atom. The molecule has 1 aromatic carbocycles. The lowest BCUT2D eigenvalue weighted by molar-refractivity contribution is 0.0388. The van der Waals surface area contributed by atoms with Crippen LogP contribution < -0.4 is 21.5 Å². The van der Waals surface area contributed by atoms with Gasteiger partial charge in [-0.1, -0.05) is 12.8 Å². The summed E-state index contributed by atoms with van der Waals surface area (Å²) in [7, 11) is 0. The first-order chi connectivity index (χ1) is 19.4. The summed E-state index contributed by atoms with van der Waals surface area (Å²) < 4.78 is 5.41. The third-order valence-corrected chi connectivity index (χ3v) is 7.63. The third-order valence-electron chi connectivity index (χ3n) is 7.63. The molecule has 1 aliphatic carbocycles. The van der Waals surface area contributed by atoms with Crippen LogP contribution in [0.25, 0.3) is 5.57 Å². The van der Waals surface area contributed by atoms with E-state index in [9.17, 15) is 9.59 Å². The topological polar surface area (TPSA) is 146 Å². The van der Waals surface area contributed by atoms with Crippen LogP contribution in [-0.4, -0.2) is 73.7 Å². The first-order valence-corrected chi connectivity index (χ1v) is 14.1. The molecule has 1 saturated heterocycles. The Morgan fingerprint density at radius 1 is 1.15 bits per heavy atom. The lowest BCUT2D eigenvalue weighted by Gasteiger charge is -2.26. The van der Waals surface area contributed by atoms with E-state index in [2.05, 4.69) is 25.8 Å². The summed E-state index contributed by atoms with van der Waals surface area (Å²) in [6.45, 7) is 8.67. The van der Waals surface area contributed by atoms with Gasteiger partial charge in [-0.2, -0.15) is 0 Å². The van der Waals surface area contributed by atoms with Crippen LogP contribution in [-0.2, 0) is 11.3 Å². The number of nitrogens with one attached hydrogen (secondary N) is 6. The minimum Gasteiger partial charge on any atom is -0.389 e. The lowest BCUT2D eigenvalue weighted by atomic mass is 9.97. The summed E-state index contributed by atoms with van der Waals surface area (Å²) in [5.74, 6) is -0.376. The second-order valence-corrected chi connectivity index (χ2v) is 10.5. The van der Waals surface area contributed by atoms with Crippen LogP contribution in [0.2, 0.25) is 0 Å². The number of allylic oxidation sites excluding steroid dienone is 1. The Hall–Kier alpha value is -3.76. The molecule has 2 fully saturated rings. The smallest absolute Gasteiger partial charge is 0.253 e. The molecule has 0 atom stereocenters. The molecule has 1 aliphatic heterocycles. The summed E-state index contributed by atoms with van der Waals surface area (Å²) in [5.41, 5.74) is 4.71. The van der Waals surface area contributed by atoms with E-state index >= 15 is 0 Å². The molecular formula is C30H41N7O3. The number of aromatic nitrogens is 1. The number of anilines is 1. The summed E-state index contributed by atoms with van der Waals surface area (Å²) in [5, 5.41) is 26.0. The molecular weight excluding hydrogens is 506 g/mol. The number of aryl methyl sites for hydroxylation is 2. The van der Waals surface area contributed by atoms with Gasteiger partial charge >= 0.3 is 0 Å². The quantitative estimate of drug-likeness (QED) is 0.178. The number of rotatable bonds is 12. The predicted octanol–water partition coefficient (Wildman–Crippen LogP) is 3.19. The maximum absolute atomic E-state index is 13.5. The van der Waals surface area contributed by atoms with Gasteiger partial charge in [0.1, 0.15) is 0 Å². The molecule has 0 unspecified atom stereocenters. The van der Waals surface area contributed by atoms with Gasteiger partial charge in [-0.05, 0) is 56.0 Å². The molecule has 10 nitrogen and oxygen atoms in total. The van der Waals surface area contributed by atoms with E-state index in [-0.39, 0.29) is 24.1 Å². The van der Waals surface area contributed by atoms with Crippen LogP contribution in [0.4, 0.5) is 5.69 Å². The summed E-state index contributed by atoms with van der Waals surface area (Å²) in [6, 6.07) is 5.80. The van der Waals surface area contributed by atoms with Crippen molar-refractivity contribution in [2.75, 3.05) is 44.7 Å². The number of H-pyrrole nitrogens is 1. The van der Waals surface area contributed by atoms with E-state index in [1.807, 2.05) is 32.2 Å². The van der Waals surface area contributed by atoms with Crippen LogP contribution >= 0.6 is 0 Å². The molecule has 6 N–H and O–H groups in total. The molecule has 1 aromatic heterocycles. The van der Waals surface area contributed by atoms with Gasteiger partial charge in [0.25, 0.3) is 11.5 Å². The Bertz CT molecular complexity index is 1310. The summed E-state index contributed by atoms with van der Waals surface area (Å²) in [4.78, 5) is 31.1. The minimum atomic E-state index is -0.376.